The van der Waals surface area contributed by atoms with Gasteiger partial charge in [-0.1, -0.05) is 6.92 Å². The minimum absolute atomic E-state index is 0.0715. The van der Waals surface area contributed by atoms with Crippen LogP contribution in [0.5, 0.6) is 0 Å². The zero-order chi connectivity index (χ0) is 23.4. The Labute approximate surface area is 183 Å². The number of hydrogen-bond donors (Lipinski definition) is 3. The zero-order valence-electron chi connectivity index (χ0n) is 18.0. The lowest BCUT2D eigenvalue weighted by molar-refractivity contribution is -0.122. The molecule has 1 saturated heterocycles. The second-order valence-corrected chi connectivity index (χ2v) is 9.22. The Morgan fingerprint density at radius 3 is 2.66 bits per heavy atom. The predicted octanol–water partition coefficient (Wildman–Crippen LogP) is 1.99. The third-order valence-corrected chi connectivity index (χ3v) is 6.33. The van der Waals surface area contributed by atoms with Crippen LogP contribution in [-0.2, 0) is 4.79 Å². The van der Waals surface area contributed by atoms with E-state index in [1.165, 1.54) is 4.57 Å². The highest BCUT2D eigenvalue weighted by atomic mass is 19.1. The molecule has 1 aromatic carbocycles. The van der Waals surface area contributed by atoms with Crippen molar-refractivity contribution in [3.05, 3.63) is 39.7 Å². The highest BCUT2D eigenvalue weighted by Crippen LogP contribution is 2.41. The van der Waals surface area contributed by atoms with Crippen LogP contribution in [0.3, 0.4) is 0 Å². The molecule has 2 aromatic rings. The van der Waals surface area contributed by atoms with E-state index in [-0.39, 0.29) is 28.5 Å². The zero-order valence-corrected chi connectivity index (χ0v) is 18.0. The molecule has 8 nitrogen and oxygen atoms in total. The Kier molecular flexibility index (Phi) is 5.44. The number of aromatic nitrogens is 1. The molecule has 4 rings (SSSR count). The van der Waals surface area contributed by atoms with Crippen LogP contribution in [0.2, 0.25) is 0 Å². The van der Waals surface area contributed by atoms with E-state index in [2.05, 4.69) is 5.32 Å². The summed E-state index contributed by atoms with van der Waals surface area (Å²) >= 11 is 0. The first kappa shape index (κ1) is 22.2. The maximum atomic E-state index is 15.7. The number of rotatable bonds is 6. The molecule has 2 atom stereocenters. The number of carboxylic acid groups (broad SMARTS) is 1. The van der Waals surface area contributed by atoms with Crippen molar-refractivity contribution in [1.29, 1.82) is 0 Å². The fourth-order valence-corrected chi connectivity index (χ4v) is 4.33. The average molecular weight is 448 g/mol. The smallest absolute Gasteiger partial charge is 0.341 e. The van der Waals surface area contributed by atoms with Gasteiger partial charge < -0.3 is 25.6 Å². The third-order valence-electron chi connectivity index (χ3n) is 6.33. The van der Waals surface area contributed by atoms with Crippen LogP contribution in [0.1, 0.15) is 49.5 Å². The third kappa shape index (κ3) is 3.83. The molecule has 1 amide bonds. The van der Waals surface area contributed by atoms with Crippen LogP contribution >= 0.6 is 0 Å². The van der Waals surface area contributed by atoms with Gasteiger partial charge in [0.1, 0.15) is 17.1 Å². The fourth-order valence-electron chi connectivity index (χ4n) is 4.33. The molecule has 172 valence electrons. The van der Waals surface area contributed by atoms with Gasteiger partial charge in [-0.3, -0.25) is 9.59 Å². The van der Waals surface area contributed by atoms with Crippen molar-refractivity contribution >= 4 is 28.5 Å². The number of aromatic carboxylic acids is 1. The lowest BCUT2D eigenvalue weighted by Gasteiger charge is -2.27. The molecule has 2 aliphatic rings. The number of fused-ring (bicyclic) bond motifs is 1. The number of benzene rings is 1. The molecule has 0 unspecified atom stereocenters. The van der Waals surface area contributed by atoms with Crippen molar-refractivity contribution in [1.82, 2.24) is 9.88 Å². The Morgan fingerprint density at radius 1 is 1.38 bits per heavy atom. The molecule has 1 aliphatic heterocycles. The molecule has 4 N–H and O–H groups in total. The van der Waals surface area contributed by atoms with E-state index in [9.17, 15) is 19.5 Å². The van der Waals surface area contributed by atoms with Gasteiger partial charge in [-0.2, -0.15) is 0 Å². The molecule has 2 fully saturated rings. The van der Waals surface area contributed by atoms with Gasteiger partial charge >= 0.3 is 5.97 Å². The highest BCUT2D eigenvalue weighted by Gasteiger charge is 2.38. The van der Waals surface area contributed by atoms with Crippen LogP contribution in [-0.4, -0.2) is 47.2 Å². The first-order valence-corrected chi connectivity index (χ1v) is 10.6. The van der Waals surface area contributed by atoms with Gasteiger partial charge in [0, 0.05) is 37.3 Å². The average Bonchev–Trinajstić information content (AvgIpc) is 3.49. The number of amides is 1. The number of carbonyl (C=O) groups is 2. The first-order valence-electron chi connectivity index (χ1n) is 10.6. The van der Waals surface area contributed by atoms with E-state index < -0.39 is 40.1 Å². The van der Waals surface area contributed by atoms with Gasteiger partial charge in [0.05, 0.1) is 16.9 Å². The van der Waals surface area contributed by atoms with Crippen molar-refractivity contribution in [2.24, 2.45) is 11.1 Å². The van der Waals surface area contributed by atoms with Crippen molar-refractivity contribution < 1.29 is 23.5 Å². The first-order chi connectivity index (χ1) is 15.0. The van der Waals surface area contributed by atoms with E-state index in [4.69, 9.17) is 5.73 Å². The van der Waals surface area contributed by atoms with Crippen molar-refractivity contribution in [2.45, 2.75) is 45.2 Å². The van der Waals surface area contributed by atoms with Crippen LogP contribution in [0, 0.1) is 17.0 Å². The van der Waals surface area contributed by atoms with Crippen molar-refractivity contribution in [2.75, 3.05) is 24.5 Å². The number of carbonyl (C=O) groups excluding carboxylic acids is 1. The number of nitrogens with two attached hydrogens (primary N) is 1. The molecule has 0 radical (unpaired) electrons. The number of pyridine rings is 1. The summed E-state index contributed by atoms with van der Waals surface area (Å²) in [4.78, 5) is 37.5. The summed E-state index contributed by atoms with van der Waals surface area (Å²) in [6, 6.07) is 0.164. The van der Waals surface area contributed by atoms with Gasteiger partial charge in [-0.25, -0.2) is 13.6 Å². The number of carboxylic acids is 1. The largest absolute Gasteiger partial charge is 0.477 e. The van der Waals surface area contributed by atoms with Crippen molar-refractivity contribution in [3.63, 3.8) is 0 Å². The monoisotopic (exact) mass is 448 g/mol. The Balaban J connectivity index is 1.74. The van der Waals surface area contributed by atoms with Crippen LogP contribution in [0.15, 0.2) is 17.1 Å². The second-order valence-electron chi connectivity index (χ2n) is 9.22. The summed E-state index contributed by atoms with van der Waals surface area (Å²) in [7, 11) is 0. The number of anilines is 1. The number of hydrogen-bond acceptors (Lipinski definition) is 5. The van der Waals surface area contributed by atoms with Gasteiger partial charge in [0.15, 0.2) is 5.82 Å². The maximum Gasteiger partial charge on any atom is 0.341 e. The molecule has 1 aliphatic carbocycles. The Bertz CT molecular complexity index is 1170. The summed E-state index contributed by atoms with van der Waals surface area (Å²) in [5.74, 6) is -3.51. The lowest BCUT2D eigenvalue weighted by atomic mass is 9.89. The van der Waals surface area contributed by atoms with Gasteiger partial charge in [-0.15, -0.1) is 0 Å². The number of nitrogens with one attached hydrogen (secondary N) is 1. The van der Waals surface area contributed by atoms with E-state index in [1.54, 1.807) is 11.8 Å². The number of nitrogens with zero attached hydrogens (tertiary/aromatic N) is 2. The Morgan fingerprint density at radius 2 is 2.06 bits per heavy atom. The standard InChI is InChI=1S/C22H26F2N4O4/c1-11(25)20(30)26-9-22(2)5-6-27(10-22)18-15(23)7-13-17(16(18)24)28(12-3-4-12)8-14(19(13)29)21(31)32/h7-8,11-12H,3-6,9-10,25H2,1-2H3,(H,26,30)(H,31,32)/t11-,22-/m0/s1. The molecule has 1 saturated carbocycles. The van der Waals surface area contributed by atoms with E-state index in [0.29, 0.717) is 26.1 Å². The Hall–Kier alpha value is -3.01. The molecule has 0 spiro atoms. The lowest BCUT2D eigenvalue weighted by Crippen LogP contribution is -2.44. The highest BCUT2D eigenvalue weighted by molar-refractivity contribution is 5.94. The van der Waals surface area contributed by atoms with E-state index in [1.807, 2.05) is 6.92 Å². The van der Waals surface area contributed by atoms with Crippen LogP contribution in [0.25, 0.3) is 10.9 Å². The number of halogens is 2. The van der Waals surface area contributed by atoms with Gasteiger partial charge in [0.2, 0.25) is 11.3 Å². The summed E-state index contributed by atoms with van der Waals surface area (Å²) in [5.41, 5.74) is 3.44. The minimum atomic E-state index is -1.43. The summed E-state index contributed by atoms with van der Waals surface area (Å²) in [5, 5.41) is 11.8. The predicted molar refractivity (Wildman–Crippen MR) is 115 cm³/mol. The van der Waals surface area contributed by atoms with Gasteiger partial charge in [0.25, 0.3) is 0 Å². The summed E-state index contributed by atoms with van der Waals surface area (Å²) < 4.78 is 32.3. The summed E-state index contributed by atoms with van der Waals surface area (Å²) in [6.07, 6.45) is 3.21. The quantitative estimate of drug-likeness (QED) is 0.622. The minimum Gasteiger partial charge on any atom is -0.477 e. The van der Waals surface area contributed by atoms with Crippen LogP contribution < -0.4 is 21.4 Å². The molecule has 32 heavy (non-hydrogen) atoms. The second kappa shape index (κ2) is 7.84. The van der Waals surface area contributed by atoms with E-state index >= 15 is 8.78 Å². The molecular formula is C22H26F2N4O4. The van der Waals surface area contributed by atoms with Crippen molar-refractivity contribution in [3.8, 4) is 0 Å². The summed E-state index contributed by atoms with van der Waals surface area (Å²) in [6.45, 7) is 4.48. The van der Waals surface area contributed by atoms with Crippen LogP contribution in [0.4, 0.5) is 14.5 Å². The molecule has 10 heteroatoms. The van der Waals surface area contributed by atoms with Gasteiger partial charge in [-0.05, 0) is 32.3 Å². The molecular weight excluding hydrogens is 422 g/mol. The maximum absolute atomic E-state index is 15.7. The molecule has 1 aromatic heterocycles. The normalized spacial score (nSPS) is 21.7. The molecule has 0 bridgehead atoms. The fraction of sp³-hybridized carbons (Fsp3) is 0.500. The SMILES string of the molecule is C[C@H](N)C(=O)NC[C@]1(C)CCN(c2c(F)cc3c(=O)c(C(=O)O)cn(C4CC4)c3c2F)C1. The topological polar surface area (TPSA) is 118 Å². The molecule has 2 heterocycles. The van der Waals surface area contributed by atoms with E-state index in [0.717, 1.165) is 25.1 Å².